The molecule has 1 atom stereocenters. The molecule has 0 radical (unpaired) electrons. The lowest BCUT2D eigenvalue weighted by molar-refractivity contribution is -0.124. The van der Waals surface area contributed by atoms with Crippen molar-refractivity contribution in [3.8, 4) is 0 Å². The predicted molar refractivity (Wildman–Crippen MR) is 97.2 cm³/mol. The van der Waals surface area contributed by atoms with Crippen LogP contribution in [-0.2, 0) is 19.6 Å². The van der Waals surface area contributed by atoms with Crippen molar-refractivity contribution in [2.24, 2.45) is 0 Å². The number of halogens is 1. The molecular weight excluding hydrogens is 375 g/mol. The lowest BCUT2D eigenvalue weighted by atomic mass is 10.2. The van der Waals surface area contributed by atoms with Crippen molar-refractivity contribution in [1.29, 1.82) is 0 Å². The van der Waals surface area contributed by atoms with Gasteiger partial charge < -0.3 is 10.1 Å². The maximum atomic E-state index is 12.9. The first-order valence-corrected chi connectivity index (χ1v) is 9.56. The van der Waals surface area contributed by atoms with Crippen molar-refractivity contribution in [3.63, 3.8) is 0 Å². The summed E-state index contributed by atoms with van der Waals surface area (Å²) >= 11 is 0. The summed E-state index contributed by atoms with van der Waals surface area (Å²) in [7, 11) is -2.33. The summed E-state index contributed by atoms with van der Waals surface area (Å²) in [5, 5.41) is 2.54. The Morgan fingerprint density at radius 3 is 2.19 bits per heavy atom. The van der Waals surface area contributed by atoms with E-state index in [4.69, 9.17) is 4.74 Å². The van der Waals surface area contributed by atoms with Crippen molar-refractivity contribution in [2.45, 2.75) is 24.3 Å². The molecule has 0 aliphatic rings. The van der Waals surface area contributed by atoms with Crippen molar-refractivity contribution in [2.75, 3.05) is 12.4 Å². The molecule has 27 heavy (non-hydrogen) atoms. The van der Waals surface area contributed by atoms with Gasteiger partial charge in [0.2, 0.25) is 10.0 Å². The van der Waals surface area contributed by atoms with Crippen LogP contribution < -0.4 is 10.0 Å². The first-order chi connectivity index (χ1) is 12.8. The van der Waals surface area contributed by atoms with Crippen LogP contribution in [0.15, 0.2) is 53.4 Å². The number of amides is 1. The zero-order chi connectivity index (χ0) is 20.0. The highest BCUT2D eigenvalue weighted by Crippen LogP contribution is 2.14. The molecule has 7 nitrogen and oxygen atoms in total. The minimum Gasteiger partial charge on any atom is -0.449 e. The number of rotatable bonds is 7. The number of esters is 1. The van der Waals surface area contributed by atoms with Crippen molar-refractivity contribution < 1.29 is 27.1 Å². The summed E-state index contributed by atoms with van der Waals surface area (Å²) in [4.78, 5) is 24.5. The third kappa shape index (κ3) is 5.35. The van der Waals surface area contributed by atoms with Crippen LogP contribution in [0.5, 0.6) is 0 Å². The second-order valence-corrected chi connectivity index (χ2v) is 7.42. The number of hydrogen-bond donors (Lipinski definition) is 2. The van der Waals surface area contributed by atoms with Crippen LogP contribution in [0.25, 0.3) is 0 Å². The molecule has 0 aliphatic carbocycles. The number of anilines is 1. The maximum absolute atomic E-state index is 12.9. The highest BCUT2D eigenvalue weighted by molar-refractivity contribution is 7.89. The number of ether oxygens (including phenoxy) is 1. The zero-order valence-corrected chi connectivity index (χ0v) is 15.5. The van der Waals surface area contributed by atoms with E-state index < -0.39 is 33.8 Å². The summed E-state index contributed by atoms with van der Waals surface area (Å²) in [6.45, 7) is 1.67. The Hall–Kier alpha value is -2.78. The van der Waals surface area contributed by atoms with Gasteiger partial charge >= 0.3 is 5.97 Å². The molecule has 2 rings (SSSR count). The van der Waals surface area contributed by atoms with Gasteiger partial charge in [-0.15, -0.1) is 0 Å². The fourth-order valence-electron chi connectivity index (χ4n) is 2.16. The number of carbonyl (C=O) groups excluding carboxylic acids is 2. The summed E-state index contributed by atoms with van der Waals surface area (Å²) < 4.78 is 43.7. The Balaban J connectivity index is 2.05. The van der Waals surface area contributed by atoms with Gasteiger partial charge in [0, 0.05) is 5.69 Å². The zero-order valence-electron chi connectivity index (χ0n) is 14.7. The Kier molecular flexibility index (Phi) is 6.65. The molecule has 0 saturated heterocycles. The van der Waals surface area contributed by atoms with Gasteiger partial charge in [-0.2, -0.15) is 0 Å². The van der Waals surface area contributed by atoms with Crippen LogP contribution in [-0.4, -0.2) is 33.4 Å². The molecule has 0 aromatic heterocycles. The van der Waals surface area contributed by atoms with Gasteiger partial charge in [-0.1, -0.05) is 6.92 Å². The lowest BCUT2D eigenvalue weighted by Crippen LogP contribution is -2.32. The first-order valence-electron chi connectivity index (χ1n) is 8.08. The van der Waals surface area contributed by atoms with Gasteiger partial charge in [0.05, 0.1) is 10.5 Å². The van der Waals surface area contributed by atoms with E-state index in [2.05, 4.69) is 10.0 Å². The van der Waals surface area contributed by atoms with E-state index in [1.807, 2.05) is 0 Å². The normalized spacial score (nSPS) is 12.3. The van der Waals surface area contributed by atoms with Crippen LogP contribution >= 0.6 is 0 Å². The average molecular weight is 394 g/mol. The van der Waals surface area contributed by atoms with E-state index in [0.29, 0.717) is 5.69 Å². The number of nitrogens with one attached hydrogen (secondary N) is 2. The Bertz CT molecular complexity index is 912. The molecule has 0 fully saturated rings. The molecule has 0 aliphatic heterocycles. The molecule has 1 unspecified atom stereocenters. The Morgan fingerprint density at radius 1 is 1.07 bits per heavy atom. The largest absolute Gasteiger partial charge is 0.449 e. The quantitative estimate of drug-likeness (QED) is 0.702. The summed E-state index contributed by atoms with van der Waals surface area (Å²) in [5.74, 6) is -1.74. The van der Waals surface area contributed by atoms with E-state index in [1.165, 1.54) is 55.6 Å². The third-order valence-corrected chi connectivity index (χ3v) is 5.12. The third-order valence-electron chi connectivity index (χ3n) is 3.69. The maximum Gasteiger partial charge on any atom is 0.338 e. The standard InChI is InChI=1S/C18H19FN2O5S/c1-3-16(17(22)21-14-8-6-13(19)7-9-14)26-18(23)12-4-10-15(11-5-12)27(24,25)20-2/h4-11,16,20H,3H2,1-2H3,(H,21,22). The molecule has 2 aromatic rings. The number of hydrogen-bond acceptors (Lipinski definition) is 5. The van der Waals surface area contributed by atoms with Gasteiger partial charge in [-0.3, -0.25) is 4.79 Å². The fourth-order valence-corrected chi connectivity index (χ4v) is 2.89. The van der Waals surface area contributed by atoms with E-state index in [1.54, 1.807) is 6.92 Å². The number of sulfonamides is 1. The smallest absolute Gasteiger partial charge is 0.338 e. The fraction of sp³-hybridized carbons (Fsp3) is 0.222. The molecule has 2 aromatic carbocycles. The number of carbonyl (C=O) groups is 2. The van der Waals surface area contributed by atoms with Gasteiger partial charge in [-0.05, 0) is 62.0 Å². The SMILES string of the molecule is CCC(OC(=O)c1ccc(S(=O)(=O)NC)cc1)C(=O)Nc1ccc(F)cc1. The molecule has 2 N–H and O–H groups in total. The van der Waals surface area contributed by atoms with Crippen molar-refractivity contribution in [1.82, 2.24) is 4.72 Å². The minimum absolute atomic E-state index is 0.00245. The second kappa shape index (κ2) is 8.74. The summed E-state index contributed by atoms with van der Waals surface area (Å²) in [6, 6.07) is 10.3. The van der Waals surface area contributed by atoms with Gasteiger partial charge in [0.25, 0.3) is 5.91 Å². The average Bonchev–Trinajstić information content (AvgIpc) is 2.67. The van der Waals surface area contributed by atoms with E-state index in [-0.39, 0.29) is 16.9 Å². The number of benzene rings is 2. The highest BCUT2D eigenvalue weighted by Gasteiger charge is 2.22. The highest BCUT2D eigenvalue weighted by atomic mass is 32.2. The van der Waals surface area contributed by atoms with Crippen molar-refractivity contribution in [3.05, 3.63) is 59.9 Å². The molecule has 0 bridgehead atoms. The van der Waals surface area contributed by atoms with Gasteiger partial charge in [-0.25, -0.2) is 22.3 Å². The van der Waals surface area contributed by atoms with Crippen molar-refractivity contribution >= 4 is 27.6 Å². The van der Waals surface area contributed by atoms with Crippen LogP contribution in [0.4, 0.5) is 10.1 Å². The van der Waals surface area contributed by atoms with E-state index in [0.717, 1.165) is 0 Å². The van der Waals surface area contributed by atoms with Crippen LogP contribution in [0, 0.1) is 5.82 Å². The van der Waals surface area contributed by atoms with Gasteiger partial charge in [0.1, 0.15) is 5.82 Å². The Labute approximate surface area is 156 Å². The molecule has 1 amide bonds. The lowest BCUT2D eigenvalue weighted by Gasteiger charge is -2.16. The first kappa shape index (κ1) is 20.5. The molecule has 9 heteroatoms. The Morgan fingerprint density at radius 2 is 1.67 bits per heavy atom. The topological polar surface area (TPSA) is 102 Å². The second-order valence-electron chi connectivity index (χ2n) is 5.53. The summed E-state index contributed by atoms with van der Waals surface area (Å²) in [6.07, 6.45) is -0.825. The van der Waals surface area contributed by atoms with E-state index in [9.17, 15) is 22.4 Å². The molecule has 144 valence electrons. The van der Waals surface area contributed by atoms with Crippen LogP contribution in [0.3, 0.4) is 0 Å². The minimum atomic E-state index is -3.61. The van der Waals surface area contributed by atoms with E-state index >= 15 is 0 Å². The molecule has 0 heterocycles. The van der Waals surface area contributed by atoms with Gasteiger partial charge in [0.15, 0.2) is 6.10 Å². The van der Waals surface area contributed by atoms with Crippen LogP contribution in [0.1, 0.15) is 23.7 Å². The molecule has 0 saturated carbocycles. The molecule has 0 spiro atoms. The summed E-state index contributed by atoms with van der Waals surface area (Å²) in [5.41, 5.74) is 0.482. The monoisotopic (exact) mass is 394 g/mol. The molecular formula is C18H19FN2O5S. The van der Waals surface area contributed by atoms with Crippen LogP contribution in [0.2, 0.25) is 0 Å². The predicted octanol–water partition coefficient (Wildman–Crippen LogP) is 2.31.